The molecule has 154 valence electrons. The normalized spacial score (nSPS) is 13.1. The Morgan fingerprint density at radius 1 is 1.07 bits per heavy atom. The van der Waals surface area contributed by atoms with Crippen molar-refractivity contribution in [2.24, 2.45) is 0 Å². The van der Waals surface area contributed by atoms with Crippen LogP contribution in [0.4, 0.5) is 14.6 Å². The van der Waals surface area contributed by atoms with Crippen molar-refractivity contribution in [2.75, 3.05) is 25.5 Å². The van der Waals surface area contributed by atoms with Gasteiger partial charge in [0.15, 0.2) is 5.82 Å². The second-order valence-electron chi connectivity index (χ2n) is 7.57. The molecule has 4 rings (SSSR count). The molecule has 2 aromatic carbocycles. The Bertz CT molecular complexity index is 1080. The molecule has 0 bridgehead atoms. The Labute approximate surface area is 174 Å². The highest BCUT2D eigenvalue weighted by Gasteiger charge is 2.26. The van der Waals surface area contributed by atoms with Crippen LogP contribution in [-0.2, 0) is 24.2 Å². The van der Waals surface area contributed by atoms with Gasteiger partial charge >= 0.3 is 0 Å². The molecule has 1 aliphatic heterocycles. The molecule has 30 heavy (non-hydrogen) atoms. The molecule has 0 saturated carbocycles. The largest absolute Gasteiger partial charge is 0.362 e. The van der Waals surface area contributed by atoms with E-state index in [-0.39, 0.29) is 24.0 Å². The third kappa shape index (κ3) is 4.15. The van der Waals surface area contributed by atoms with E-state index < -0.39 is 0 Å². The van der Waals surface area contributed by atoms with Crippen LogP contribution in [0.3, 0.4) is 0 Å². The highest BCUT2D eigenvalue weighted by molar-refractivity contribution is 5.79. The molecule has 0 aliphatic carbocycles. The van der Waals surface area contributed by atoms with Crippen molar-refractivity contribution in [3.8, 4) is 11.4 Å². The minimum Gasteiger partial charge on any atom is -0.362 e. The molecule has 1 aliphatic rings. The van der Waals surface area contributed by atoms with Crippen LogP contribution in [0.1, 0.15) is 16.8 Å². The summed E-state index contributed by atoms with van der Waals surface area (Å²) in [7, 11) is 3.77. The van der Waals surface area contributed by atoms with Gasteiger partial charge in [-0.05, 0) is 29.8 Å². The minimum atomic E-state index is -0.335. The van der Waals surface area contributed by atoms with Gasteiger partial charge in [0.2, 0.25) is 5.91 Å². The molecule has 0 N–H and O–H groups in total. The topological polar surface area (TPSA) is 49.3 Å². The summed E-state index contributed by atoms with van der Waals surface area (Å²) in [6.07, 6.45) is 0.811. The van der Waals surface area contributed by atoms with E-state index in [9.17, 15) is 13.6 Å². The zero-order chi connectivity index (χ0) is 21.3. The molecule has 1 aromatic heterocycles. The van der Waals surface area contributed by atoms with Gasteiger partial charge in [-0.25, -0.2) is 18.7 Å². The average molecular weight is 408 g/mol. The maximum Gasteiger partial charge on any atom is 0.227 e. The van der Waals surface area contributed by atoms with Gasteiger partial charge in [-0.1, -0.05) is 24.3 Å². The summed E-state index contributed by atoms with van der Waals surface area (Å²) >= 11 is 0. The fraction of sp³-hybridized carbons (Fsp3) is 0.261. The smallest absolute Gasteiger partial charge is 0.227 e. The second kappa shape index (κ2) is 8.18. The third-order valence-electron chi connectivity index (χ3n) is 5.17. The lowest BCUT2D eigenvalue weighted by atomic mass is 10.0. The minimum absolute atomic E-state index is 0.0221. The third-order valence-corrected chi connectivity index (χ3v) is 5.17. The molecule has 0 unspecified atom stereocenters. The number of carbonyl (C=O) groups excluding carboxylic acids is 1. The lowest BCUT2D eigenvalue weighted by molar-refractivity contribution is -0.131. The maximum absolute atomic E-state index is 13.7. The predicted molar refractivity (Wildman–Crippen MR) is 111 cm³/mol. The number of hydrogen-bond acceptors (Lipinski definition) is 4. The van der Waals surface area contributed by atoms with E-state index in [0.29, 0.717) is 30.9 Å². The van der Waals surface area contributed by atoms with Crippen molar-refractivity contribution in [1.29, 1.82) is 0 Å². The van der Waals surface area contributed by atoms with Crippen LogP contribution in [0, 0.1) is 11.6 Å². The Balaban J connectivity index is 1.61. The van der Waals surface area contributed by atoms with Crippen LogP contribution >= 0.6 is 0 Å². The van der Waals surface area contributed by atoms with Crippen molar-refractivity contribution in [3.05, 3.63) is 77.0 Å². The molecule has 7 heteroatoms. The summed E-state index contributed by atoms with van der Waals surface area (Å²) in [5.74, 6) is 0.519. The van der Waals surface area contributed by atoms with E-state index in [4.69, 9.17) is 0 Å². The number of anilines is 1. The van der Waals surface area contributed by atoms with E-state index in [2.05, 4.69) is 9.97 Å². The van der Waals surface area contributed by atoms with Crippen molar-refractivity contribution in [2.45, 2.75) is 19.4 Å². The molecule has 0 saturated heterocycles. The van der Waals surface area contributed by atoms with Gasteiger partial charge in [0.1, 0.15) is 17.5 Å². The van der Waals surface area contributed by atoms with E-state index in [1.54, 1.807) is 29.2 Å². The lowest BCUT2D eigenvalue weighted by Gasteiger charge is -2.31. The van der Waals surface area contributed by atoms with Crippen LogP contribution < -0.4 is 4.90 Å². The summed E-state index contributed by atoms with van der Waals surface area (Å²) in [5, 5.41) is 0. The summed E-state index contributed by atoms with van der Waals surface area (Å²) < 4.78 is 26.8. The number of rotatable bonds is 4. The summed E-state index contributed by atoms with van der Waals surface area (Å²) in [6, 6.07) is 12.2. The van der Waals surface area contributed by atoms with Crippen molar-refractivity contribution >= 4 is 11.7 Å². The Morgan fingerprint density at radius 3 is 2.53 bits per heavy atom. The molecule has 5 nitrogen and oxygen atoms in total. The fourth-order valence-electron chi connectivity index (χ4n) is 3.62. The number of nitrogens with zero attached hydrogens (tertiary/aromatic N) is 4. The Kier molecular flexibility index (Phi) is 5.44. The van der Waals surface area contributed by atoms with Crippen LogP contribution in [0.2, 0.25) is 0 Å². The molecule has 3 aromatic rings. The van der Waals surface area contributed by atoms with Crippen molar-refractivity contribution in [3.63, 3.8) is 0 Å². The number of benzene rings is 2. The van der Waals surface area contributed by atoms with Gasteiger partial charge in [0.25, 0.3) is 0 Å². The van der Waals surface area contributed by atoms with Gasteiger partial charge in [0.05, 0.1) is 18.7 Å². The highest BCUT2D eigenvalue weighted by Crippen LogP contribution is 2.29. The summed E-state index contributed by atoms with van der Waals surface area (Å²) in [5.41, 5.74) is 3.17. The first kappa shape index (κ1) is 19.9. The van der Waals surface area contributed by atoms with E-state index >= 15 is 0 Å². The molecule has 0 atom stereocenters. The Hall–Kier alpha value is -3.35. The number of carbonyl (C=O) groups is 1. The first-order chi connectivity index (χ1) is 14.4. The molecule has 0 radical (unpaired) electrons. The van der Waals surface area contributed by atoms with Crippen molar-refractivity contribution < 1.29 is 13.6 Å². The van der Waals surface area contributed by atoms with E-state index in [1.807, 2.05) is 19.0 Å². The number of aromatic nitrogens is 2. The summed E-state index contributed by atoms with van der Waals surface area (Å²) in [6.45, 7) is 0.950. The molecule has 0 spiro atoms. The van der Waals surface area contributed by atoms with Crippen LogP contribution in [-0.4, -0.2) is 41.4 Å². The van der Waals surface area contributed by atoms with E-state index in [0.717, 1.165) is 22.6 Å². The quantitative estimate of drug-likeness (QED) is 0.662. The molecular weight excluding hydrogens is 386 g/mol. The first-order valence-electron chi connectivity index (χ1n) is 9.76. The zero-order valence-electron chi connectivity index (χ0n) is 16.9. The number of fused-ring (bicyclic) bond motifs is 1. The SMILES string of the molecule is CN(C)c1nc(-c2cccc(F)c2)nc2c1CN(C(=O)Cc1ccc(F)cc1)CC2. The fourth-order valence-corrected chi connectivity index (χ4v) is 3.62. The van der Waals surface area contributed by atoms with Gasteiger partial charge in [-0.2, -0.15) is 0 Å². The Morgan fingerprint density at radius 2 is 1.83 bits per heavy atom. The first-order valence-corrected chi connectivity index (χ1v) is 9.76. The maximum atomic E-state index is 13.7. The molecule has 2 heterocycles. The number of hydrogen-bond donors (Lipinski definition) is 0. The van der Waals surface area contributed by atoms with E-state index in [1.165, 1.54) is 24.3 Å². The molecular formula is C23H22F2N4O. The van der Waals surface area contributed by atoms with Gasteiger partial charge < -0.3 is 9.80 Å². The monoisotopic (exact) mass is 408 g/mol. The molecule has 0 fully saturated rings. The average Bonchev–Trinajstić information content (AvgIpc) is 2.74. The number of halogens is 2. The molecule has 1 amide bonds. The van der Waals surface area contributed by atoms with Crippen LogP contribution in [0.25, 0.3) is 11.4 Å². The lowest BCUT2D eigenvalue weighted by Crippen LogP contribution is -2.38. The summed E-state index contributed by atoms with van der Waals surface area (Å²) in [4.78, 5) is 25.8. The zero-order valence-corrected chi connectivity index (χ0v) is 16.9. The van der Waals surface area contributed by atoms with Crippen LogP contribution in [0.5, 0.6) is 0 Å². The van der Waals surface area contributed by atoms with Gasteiger partial charge in [-0.3, -0.25) is 4.79 Å². The highest BCUT2D eigenvalue weighted by atomic mass is 19.1. The number of amides is 1. The standard InChI is InChI=1S/C23H22F2N4O/c1-28(2)23-19-14-29(21(30)12-15-6-8-17(24)9-7-15)11-10-20(19)26-22(27-23)16-4-3-5-18(25)13-16/h3-9,13H,10-12,14H2,1-2H3. The predicted octanol–water partition coefficient (Wildman–Crippen LogP) is 3.62. The van der Waals surface area contributed by atoms with Gasteiger partial charge in [-0.15, -0.1) is 0 Å². The van der Waals surface area contributed by atoms with Gasteiger partial charge in [0, 0.05) is 38.2 Å². The van der Waals surface area contributed by atoms with Crippen LogP contribution in [0.15, 0.2) is 48.5 Å². The second-order valence-corrected chi connectivity index (χ2v) is 7.57. The van der Waals surface area contributed by atoms with Crippen molar-refractivity contribution in [1.82, 2.24) is 14.9 Å².